The first-order chi connectivity index (χ1) is 12.0. The van der Waals surface area contributed by atoms with Gasteiger partial charge in [-0.15, -0.1) is 0 Å². The van der Waals surface area contributed by atoms with Crippen LogP contribution in [0.5, 0.6) is 5.75 Å². The summed E-state index contributed by atoms with van der Waals surface area (Å²) in [4.78, 5) is 10.9. The third-order valence-electron chi connectivity index (χ3n) is 3.77. The number of rotatable bonds is 5. The van der Waals surface area contributed by atoms with Gasteiger partial charge in [0.05, 0.1) is 0 Å². The second-order valence-electron chi connectivity index (χ2n) is 5.42. The molecule has 0 saturated heterocycles. The lowest BCUT2D eigenvalue weighted by atomic mass is 10.0. The molecule has 0 aromatic heterocycles. The van der Waals surface area contributed by atoms with Gasteiger partial charge >= 0.3 is 12.1 Å². The summed E-state index contributed by atoms with van der Waals surface area (Å²) in [6.07, 6.45) is -4.25. The van der Waals surface area contributed by atoms with Crippen LogP contribution < -0.4 is 4.74 Å². The Labute approximate surface area is 145 Å². The first-order valence-electron chi connectivity index (χ1n) is 7.26. The Balaban J connectivity index is 2.30. The van der Waals surface area contributed by atoms with Gasteiger partial charge < -0.3 is 9.84 Å². The van der Waals surface area contributed by atoms with E-state index in [1.165, 1.54) is 19.1 Å². The van der Waals surface area contributed by atoms with E-state index < -0.39 is 35.1 Å². The van der Waals surface area contributed by atoms with Gasteiger partial charge in [0.1, 0.15) is 11.3 Å². The minimum Gasteiger partial charge on any atom is -0.478 e. The van der Waals surface area contributed by atoms with E-state index in [4.69, 9.17) is 5.11 Å². The lowest BCUT2D eigenvalue weighted by Crippen LogP contribution is -2.24. The summed E-state index contributed by atoms with van der Waals surface area (Å²) < 4.78 is 72.1. The van der Waals surface area contributed by atoms with Crippen molar-refractivity contribution in [3.05, 3.63) is 70.5 Å². The summed E-state index contributed by atoms with van der Waals surface area (Å²) in [7, 11) is 0. The Morgan fingerprint density at radius 1 is 0.962 bits per heavy atom. The largest absolute Gasteiger partial charge is 0.478 e. The molecule has 1 N–H and O–H groups in total. The van der Waals surface area contributed by atoms with Crippen molar-refractivity contribution >= 4 is 11.5 Å². The smallest absolute Gasteiger partial charge is 0.429 e. The number of carboxylic acids is 1. The molecule has 0 heterocycles. The number of alkyl halides is 2. The van der Waals surface area contributed by atoms with E-state index in [-0.39, 0.29) is 11.3 Å². The van der Waals surface area contributed by atoms with Gasteiger partial charge in [-0.1, -0.05) is 12.1 Å². The van der Waals surface area contributed by atoms with E-state index >= 15 is 0 Å². The number of hydrogen-bond acceptors (Lipinski definition) is 2. The Morgan fingerprint density at radius 3 is 2.08 bits per heavy atom. The Bertz CT molecular complexity index is 873. The molecule has 3 nitrogen and oxygen atoms in total. The van der Waals surface area contributed by atoms with Crippen LogP contribution >= 0.6 is 0 Å². The van der Waals surface area contributed by atoms with Crippen LogP contribution in [-0.4, -0.2) is 11.1 Å². The Kier molecular flexibility index (Phi) is 5.34. The fourth-order valence-corrected chi connectivity index (χ4v) is 2.10. The molecule has 0 bridgehead atoms. The molecule has 8 heteroatoms. The van der Waals surface area contributed by atoms with E-state index in [1.807, 2.05) is 0 Å². The molecule has 0 aliphatic heterocycles. The third kappa shape index (κ3) is 3.84. The molecule has 2 rings (SSSR count). The van der Waals surface area contributed by atoms with Crippen LogP contribution in [0.3, 0.4) is 0 Å². The van der Waals surface area contributed by atoms with Crippen molar-refractivity contribution in [3.63, 3.8) is 0 Å². The highest BCUT2D eigenvalue weighted by Crippen LogP contribution is 2.34. The van der Waals surface area contributed by atoms with Gasteiger partial charge in [0.15, 0.2) is 17.5 Å². The van der Waals surface area contributed by atoms with Crippen molar-refractivity contribution in [1.29, 1.82) is 0 Å². The Hall–Kier alpha value is -2.90. The first kappa shape index (κ1) is 19.4. The third-order valence-corrected chi connectivity index (χ3v) is 3.77. The molecule has 0 aliphatic rings. The normalized spacial score (nSPS) is 12.6. The maximum atomic E-state index is 14.1. The van der Waals surface area contributed by atoms with Crippen LogP contribution in [0.25, 0.3) is 5.57 Å². The molecule has 0 saturated carbocycles. The quantitative estimate of drug-likeness (QED) is 0.451. The van der Waals surface area contributed by atoms with Gasteiger partial charge in [0, 0.05) is 5.57 Å². The van der Waals surface area contributed by atoms with Gasteiger partial charge in [-0.25, -0.2) is 18.0 Å². The highest BCUT2D eigenvalue weighted by Gasteiger charge is 2.39. The van der Waals surface area contributed by atoms with Crippen LogP contribution in [-0.2, 0) is 10.9 Å². The summed E-state index contributed by atoms with van der Waals surface area (Å²) in [5, 5.41) is 8.94. The van der Waals surface area contributed by atoms with Crippen molar-refractivity contribution in [1.82, 2.24) is 0 Å². The molecular formula is C18H13F5O3. The number of hydrogen-bond donors (Lipinski definition) is 1. The van der Waals surface area contributed by atoms with Crippen LogP contribution in [0.15, 0.2) is 42.0 Å². The zero-order valence-electron chi connectivity index (χ0n) is 13.6. The van der Waals surface area contributed by atoms with Gasteiger partial charge in [0.25, 0.3) is 0 Å². The molecule has 2 aromatic rings. The lowest BCUT2D eigenvalue weighted by molar-refractivity contribution is -0.187. The predicted octanol–water partition coefficient (Wildman–Crippen LogP) is 5.11. The minimum atomic E-state index is -4.25. The van der Waals surface area contributed by atoms with Crippen molar-refractivity contribution in [2.45, 2.75) is 20.0 Å². The number of benzene rings is 2. The average molecular weight is 372 g/mol. The molecule has 26 heavy (non-hydrogen) atoms. The zero-order chi connectivity index (χ0) is 19.6. The average Bonchev–Trinajstić information content (AvgIpc) is 2.58. The van der Waals surface area contributed by atoms with E-state index in [1.54, 1.807) is 6.92 Å². The summed E-state index contributed by atoms with van der Waals surface area (Å²) in [5.74, 6) is -7.15. The number of halogens is 5. The van der Waals surface area contributed by atoms with Crippen LogP contribution in [0.2, 0.25) is 0 Å². The fourth-order valence-electron chi connectivity index (χ4n) is 2.10. The van der Waals surface area contributed by atoms with Crippen molar-refractivity contribution in [3.8, 4) is 5.75 Å². The fraction of sp³-hybridized carbons (Fsp3) is 0.167. The molecule has 2 aromatic carbocycles. The highest BCUT2D eigenvalue weighted by atomic mass is 19.3. The van der Waals surface area contributed by atoms with E-state index in [0.29, 0.717) is 23.3 Å². The molecule has 0 amide bonds. The molecule has 0 atom stereocenters. The van der Waals surface area contributed by atoms with Crippen LogP contribution in [0.1, 0.15) is 25.0 Å². The lowest BCUT2D eigenvalue weighted by Gasteiger charge is -2.19. The van der Waals surface area contributed by atoms with Crippen molar-refractivity contribution < 1.29 is 36.6 Å². The van der Waals surface area contributed by atoms with E-state index in [9.17, 15) is 26.7 Å². The summed E-state index contributed by atoms with van der Waals surface area (Å²) in [6.45, 7) is 2.94. The molecule has 0 aliphatic carbocycles. The van der Waals surface area contributed by atoms with Crippen molar-refractivity contribution in [2.75, 3.05) is 0 Å². The zero-order valence-corrected chi connectivity index (χ0v) is 13.6. The standard InChI is InChI=1S/C18H13F5O3/c1-9(10(2)17(24)25)11-3-5-12(6-4-11)26-18(22,23)13-7-8-14(19)16(21)15(13)20/h3-8H,1-2H3,(H,24,25). The maximum Gasteiger partial charge on any atom is 0.429 e. The molecule has 0 fully saturated rings. The predicted molar refractivity (Wildman–Crippen MR) is 83.2 cm³/mol. The van der Waals surface area contributed by atoms with Gasteiger partial charge in [-0.2, -0.15) is 8.78 Å². The topological polar surface area (TPSA) is 46.5 Å². The molecule has 138 valence electrons. The SMILES string of the molecule is CC(C(=O)O)=C(C)c1ccc(OC(F)(F)c2ccc(F)c(F)c2F)cc1. The van der Waals surface area contributed by atoms with E-state index in [0.717, 1.165) is 12.1 Å². The van der Waals surface area contributed by atoms with Crippen molar-refractivity contribution in [2.24, 2.45) is 0 Å². The number of carbonyl (C=O) groups is 1. The number of carboxylic acid groups (broad SMARTS) is 1. The monoisotopic (exact) mass is 372 g/mol. The first-order valence-corrected chi connectivity index (χ1v) is 7.26. The minimum absolute atomic E-state index is 0.0767. The molecular weight excluding hydrogens is 359 g/mol. The number of ether oxygens (including phenoxy) is 1. The Morgan fingerprint density at radius 2 is 1.54 bits per heavy atom. The number of aliphatic carboxylic acids is 1. The summed E-state index contributed by atoms with van der Waals surface area (Å²) in [6, 6.07) is 5.70. The number of allylic oxidation sites excluding steroid dienone is 1. The van der Waals surface area contributed by atoms with Gasteiger partial charge in [-0.05, 0) is 49.2 Å². The highest BCUT2D eigenvalue weighted by molar-refractivity contribution is 5.95. The van der Waals surface area contributed by atoms with Gasteiger partial charge in [-0.3, -0.25) is 0 Å². The van der Waals surface area contributed by atoms with Crippen LogP contribution in [0.4, 0.5) is 22.0 Å². The summed E-state index contributed by atoms with van der Waals surface area (Å²) >= 11 is 0. The maximum absolute atomic E-state index is 14.1. The second kappa shape index (κ2) is 7.15. The van der Waals surface area contributed by atoms with Crippen LogP contribution in [0, 0.1) is 17.5 Å². The second-order valence-corrected chi connectivity index (χ2v) is 5.42. The summed E-state index contributed by atoms with van der Waals surface area (Å²) in [5.41, 5.74) is -0.492. The molecule has 0 radical (unpaired) electrons. The van der Waals surface area contributed by atoms with Gasteiger partial charge in [0.2, 0.25) is 0 Å². The van der Waals surface area contributed by atoms with E-state index in [2.05, 4.69) is 4.74 Å². The molecule has 0 unspecified atom stereocenters. The molecule has 0 spiro atoms.